The smallest absolute Gasteiger partial charge is 0.128 e. The van der Waals surface area contributed by atoms with Crippen molar-refractivity contribution in [1.82, 2.24) is 0 Å². The molecule has 2 nitrogen and oxygen atoms in total. The number of benzene rings is 2. The van der Waals surface area contributed by atoms with Crippen molar-refractivity contribution in [3.8, 4) is 5.75 Å². The average Bonchev–Trinajstić information content (AvgIpc) is 2.70. The van der Waals surface area contributed by atoms with E-state index in [0.29, 0.717) is 0 Å². The van der Waals surface area contributed by atoms with Gasteiger partial charge in [0.2, 0.25) is 0 Å². The van der Waals surface area contributed by atoms with Crippen molar-refractivity contribution >= 4 is 16.5 Å². The van der Waals surface area contributed by atoms with Crippen LogP contribution in [-0.2, 0) is 6.42 Å². The summed E-state index contributed by atoms with van der Waals surface area (Å²) < 4.78 is 5.53. The fraction of sp³-hybridized carbons (Fsp3) is 0.333. The van der Waals surface area contributed by atoms with Crippen LogP contribution in [0.4, 0.5) is 5.69 Å². The lowest BCUT2D eigenvalue weighted by Gasteiger charge is -2.16. The van der Waals surface area contributed by atoms with E-state index in [9.17, 15) is 0 Å². The molecule has 0 saturated heterocycles. The summed E-state index contributed by atoms with van der Waals surface area (Å²) in [5.74, 6) is 0.983. The van der Waals surface area contributed by atoms with Gasteiger partial charge in [-0.15, -0.1) is 0 Å². The number of anilines is 1. The molecule has 2 heteroatoms. The Morgan fingerprint density at radius 2 is 2.12 bits per heavy atom. The van der Waals surface area contributed by atoms with Gasteiger partial charge >= 0.3 is 0 Å². The fourth-order valence-corrected chi connectivity index (χ4v) is 2.85. The Bertz CT molecular complexity index is 589. The maximum absolute atomic E-state index is 5.53. The van der Waals surface area contributed by atoms with Crippen LogP contribution in [0.3, 0.4) is 0 Å². The maximum Gasteiger partial charge on any atom is 0.128 e. The summed E-state index contributed by atoms with van der Waals surface area (Å²) in [7, 11) is 3.90. The van der Waals surface area contributed by atoms with Crippen LogP contribution in [0, 0.1) is 6.92 Å². The van der Waals surface area contributed by atoms with E-state index in [4.69, 9.17) is 4.74 Å². The molecule has 0 radical (unpaired) electrons. The lowest BCUT2D eigenvalue weighted by atomic mass is 9.97. The van der Waals surface area contributed by atoms with Crippen LogP contribution in [0.2, 0.25) is 0 Å². The highest BCUT2D eigenvalue weighted by molar-refractivity contribution is 5.98. The third-order valence-electron chi connectivity index (χ3n) is 3.75. The predicted molar refractivity (Wildman–Crippen MR) is 72.2 cm³/mol. The summed E-state index contributed by atoms with van der Waals surface area (Å²) in [6, 6.07) is 8.61. The summed E-state index contributed by atoms with van der Waals surface area (Å²) in [4.78, 5) is 2.31. The fourth-order valence-electron chi connectivity index (χ4n) is 2.85. The van der Waals surface area contributed by atoms with Crippen LogP contribution < -0.4 is 9.64 Å². The van der Waals surface area contributed by atoms with Gasteiger partial charge in [0.15, 0.2) is 0 Å². The lowest BCUT2D eigenvalue weighted by molar-refractivity contribution is 0.420. The zero-order valence-corrected chi connectivity index (χ0v) is 10.6. The molecule has 0 aliphatic carbocycles. The molecule has 0 bridgehead atoms. The highest BCUT2D eigenvalue weighted by Gasteiger charge is 2.21. The van der Waals surface area contributed by atoms with Crippen molar-refractivity contribution in [3.63, 3.8) is 0 Å². The van der Waals surface area contributed by atoms with Gasteiger partial charge in [0, 0.05) is 30.7 Å². The molecule has 1 heterocycles. The molecule has 2 aromatic rings. The van der Waals surface area contributed by atoms with Crippen LogP contribution in [-0.4, -0.2) is 20.7 Å². The Hall–Kier alpha value is -1.70. The van der Waals surface area contributed by atoms with Gasteiger partial charge in [-0.05, 0) is 29.9 Å². The van der Waals surface area contributed by atoms with Gasteiger partial charge in [-0.25, -0.2) is 0 Å². The largest absolute Gasteiger partial charge is 0.496 e. The van der Waals surface area contributed by atoms with Crippen LogP contribution in [0.5, 0.6) is 5.75 Å². The van der Waals surface area contributed by atoms with Crippen molar-refractivity contribution in [2.75, 3.05) is 25.6 Å². The standard InChI is InChI=1S/C15H17NO/c1-10-5-4-6-12-14(17-3)9-13-11(15(10)12)7-8-16(13)2/h4-6,9H,7-8H2,1-3H3. The summed E-state index contributed by atoms with van der Waals surface area (Å²) >= 11 is 0. The molecule has 2 aromatic carbocycles. The number of likely N-dealkylation sites (N-methyl/N-ethyl adjacent to an activating group) is 1. The molecule has 1 aliphatic rings. The molecule has 0 aromatic heterocycles. The molecule has 0 atom stereocenters. The molecule has 0 unspecified atom stereocenters. The van der Waals surface area contributed by atoms with Gasteiger partial charge in [-0.2, -0.15) is 0 Å². The SMILES string of the molecule is COc1cc2c(c3c(C)cccc13)CCN2C. The van der Waals surface area contributed by atoms with E-state index in [2.05, 4.69) is 43.1 Å². The maximum atomic E-state index is 5.53. The number of fused-ring (bicyclic) bond motifs is 3. The first-order chi connectivity index (χ1) is 8.22. The molecule has 0 fully saturated rings. The Morgan fingerprint density at radius 3 is 2.88 bits per heavy atom. The van der Waals surface area contributed by atoms with Crippen LogP contribution in [0.15, 0.2) is 24.3 Å². The number of rotatable bonds is 1. The van der Waals surface area contributed by atoms with E-state index >= 15 is 0 Å². The Balaban J connectivity index is 2.45. The van der Waals surface area contributed by atoms with Crippen LogP contribution >= 0.6 is 0 Å². The van der Waals surface area contributed by atoms with Gasteiger partial charge < -0.3 is 9.64 Å². The summed E-state index contributed by atoms with van der Waals surface area (Å²) in [6.07, 6.45) is 1.14. The second kappa shape index (κ2) is 3.66. The van der Waals surface area contributed by atoms with Gasteiger partial charge in [0.05, 0.1) is 7.11 Å². The van der Waals surface area contributed by atoms with E-state index < -0.39 is 0 Å². The minimum absolute atomic E-state index is 0.983. The van der Waals surface area contributed by atoms with E-state index in [1.165, 1.54) is 27.6 Å². The minimum Gasteiger partial charge on any atom is -0.496 e. The second-order valence-corrected chi connectivity index (χ2v) is 4.75. The Kier molecular flexibility index (Phi) is 2.25. The molecular formula is C15H17NO. The molecule has 17 heavy (non-hydrogen) atoms. The molecule has 3 rings (SSSR count). The highest BCUT2D eigenvalue weighted by Crippen LogP contribution is 2.40. The number of nitrogens with zero attached hydrogens (tertiary/aromatic N) is 1. The monoisotopic (exact) mass is 227 g/mol. The van der Waals surface area contributed by atoms with Gasteiger partial charge in [-0.1, -0.05) is 18.2 Å². The highest BCUT2D eigenvalue weighted by atomic mass is 16.5. The zero-order valence-electron chi connectivity index (χ0n) is 10.6. The number of hydrogen-bond donors (Lipinski definition) is 0. The van der Waals surface area contributed by atoms with Crippen LogP contribution in [0.25, 0.3) is 10.8 Å². The van der Waals surface area contributed by atoms with Crippen molar-refractivity contribution < 1.29 is 4.74 Å². The zero-order chi connectivity index (χ0) is 12.0. The first kappa shape index (κ1) is 10.5. The molecular weight excluding hydrogens is 210 g/mol. The van der Waals surface area contributed by atoms with E-state index in [-0.39, 0.29) is 0 Å². The van der Waals surface area contributed by atoms with Gasteiger partial charge in [0.1, 0.15) is 5.75 Å². The molecule has 0 amide bonds. The second-order valence-electron chi connectivity index (χ2n) is 4.75. The van der Waals surface area contributed by atoms with Crippen LogP contribution in [0.1, 0.15) is 11.1 Å². The average molecular weight is 227 g/mol. The topological polar surface area (TPSA) is 12.5 Å². The first-order valence-corrected chi connectivity index (χ1v) is 6.02. The van der Waals surface area contributed by atoms with E-state index in [1.54, 1.807) is 7.11 Å². The van der Waals surface area contributed by atoms with Crippen molar-refractivity contribution in [1.29, 1.82) is 0 Å². The molecule has 1 aliphatic heterocycles. The third kappa shape index (κ3) is 1.40. The van der Waals surface area contributed by atoms with Gasteiger partial charge in [-0.3, -0.25) is 0 Å². The third-order valence-corrected chi connectivity index (χ3v) is 3.75. The Labute approximate surface area is 102 Å². The summed E-state index contributed by atoms with van der Waals surface area (Å²) in [6.45, 7) is 3.28. The minimum atomic E-state index is 0.983. The first-order valence-electron chi connectivity index (χ1n) is 6.02. The van der Waals surface area contributed by atoms with Crippen molar-refractivity contribution in [2.24, 2.45) is 0 Å². The summed E-state index contributed by atoms with van der Waals surface area (Å²) in [5.41, 5.74) is 4.14. The van der Waals surface area contributed by atoms with Crippen molar-refractivity contribution in [2.45, 2.75) is 13.3 Å². The quantitative estimate of drug-likeness (QED) is 0.742. The van der Waals surface area contributed by atoms with E-state index in [0.717, 1.165) is 18.7 Å². The predicted octanol–water partition coefficient (Wildman–Crippen LogP) is 3.15. The number of ether oxygens (including phenoxy) is 1. The summed E-state index contributed by atoms with van der Waals surface area (Å²) in [5, 5.41) is 2.62. The molecule has 0 N–H and O–H groups in total. The van der Waals surface area contributed by atoms with E-state index in [1.807, 2.05) is 0 Å². The van der Waals surface area contributed by atoms with Crippen molar-refractivity contribution in [3.05, 3.63) is 35.4 Å². The number of methoxy groups -OCH3 is 1. The lowest BCUT2D eigenvalue weighted by Crippen LogP contribution is -2.12. The Morgan fingerprint density at radius 1 is 1.29 bits per heavy atom. The van der Waals surface area contributed by atoms with Gasteiger partial charge in [0.25, 0.3) is 0 Å². The molecule has 0 saturated carbocycles. The normalized spacial score (nSPS) is 14.2. The number of aryl methyl sites for hydroxylation is 1. The number of hydrogen-bond acceptors (Lipinski definition) is 2. The molecule has 0 spiro atoms. The molecule has 88 valence electrons.